The van der Waals surface area contributed by atoms with Gasteiger partial charge < -0.3 is 9.47 Å². The molecule has 2 rings (SSSR count). The highest BCUT2D eigenvalue weighted by Gasteiger charge is 2.42. The third kappa shape index (κ3) is 3.23. The Kier molecular flexibility index (Phi) is 3.88. The van der Waals surface area contributed by atoms with Crippen molar-refractivity contribution < 1.29 is 19.1 Å². The van der Waals surface area contributed by atoms with Crippen molar-refractivity contribution in [3.05, 3.63) is 29.8 Å². The molecule has 0 amide bonds. The Balaban J connectivity index is 2.10. The van der Waals surface area contributed by atoms with E-state index in [0.717, 1.165) is 6.42 Å². The molecule has 1 aromatic rings. The predicted octanol–water partition coefficient (Wildman–Crippen LogP) is 2.40. The molecule has 1 heterocycles. The summed E-state index contributed by atoms with van der Waals surface area (Å²) in [5.74, 6) is -3.59. The molecule has 0 aromatic heterocycles. The normalized spacial score (nSPS) is 18.9. The molecular weight excluding hydrogens is 258 g/mol. The summed E-state index contributed by atoms with van der Waals surface area (Å²) in [6.45, 7) is 5.09. The highest BCUT2D eigenvalue weighted by molar-refractivity contribution is 6.10. The molecule has 5 heteroatoms. The summed E-state index contributed by atoms with van der Waals surface area (Å²) in [6.07, 6.45) is 2.21. The summed E-state index contributed by atoms with van der Waals surface area (Å²) in [5.41, 5.74) is 1.87. The Morgan fingerprint density at radius 3 is 2.20 bits per heavy atom. The Labute approximate surface area is 117 Å². The molecule has 1 saturated heterocycles. The molecule has 0 unspecified atom stereocenters. The van der Waals surface area contributed by atoms with Crippen LogP contribution in [0.15, 0.2) is 29.3 Å². The van der Waals surface area contributed by atoms with Crippen LogP contribution in [0, 0.1) is 5.92 Å². The SMILES string of the molecule is CCc1ccc(N=CC2C(=O)OC(C)(C)OC2=O)cc1. The lowest BCUT2D eigenvalue weighted by molar-refractivity contribution is -0.235. The molecule has 0 saturated carbocycles. The number of aliphatic imine (C=N–C) groups is 1. The minimum atomic E-state index is -1.21. The number of hydrogen-bond donors (Lipinski definition) is 0. The van der Waals surface area contributed by atoms with Crippen LogP contribution < -0.4 is 0 Å². The third-order valence-electron chi connectivity index (χ3n) is 2.92. The van der Waals surface area contributed by atoms with Crippen molar-refractivity contribution in [1.82, 2.24) is 0 Å². The molecule has 0 aliphatic carbocycles. The number of benzene rings is 1. The minimum absolute atomic E-state index is 0.639. The number of ether oxygens (including phenoxy) is 2. The van der Waals surface area contributed by atoms with Crippen LogP contribution >= 0.6 is 0 Å². The summed E-state index contributed by atoms with van der Waals surface area (Å²) in [4.78, 5) is 27.6. The van der Waals surface area contributed by atoms with Crippen molar-refractivity contribution in [2.24, 2.45) is 10.9 Å². The van der Waals surface area contributed by atoms with Crippen LogP contribution in [0.2, 0.25) is 0 Å². The second-order valence-corrected chi connectivity index (χ2v) is 5.02. The van der Waals surface area contributed by atoms with Crippen LogP contribution in [0.4, 0.5) is 5.69 Å². The van der Waals surface area contributed by atoms with E-state index < -0.39 is 23.6 Å². The topological polar surface area (TPSA) is 65.0 Å². The van der Waals surface area contributed by atoms with Gasteiger partial charge in [0.15, 0.2) is 5.92 Å². The first-order valence-corrected chi connectivity index (χ1v) is 6.50. The lowest BCUT2D eigenvalue weighted by Gasteiger charge is -2.31. The van der Waals surface area contributed by atoms with Crippen LogP contribution in [0.5, 0.6) is 0 Å². The number of esters is 2. The maximum Gasteiger partial charge on any atom is 0.329 e. The Bertz CT molecular complexity index is 525. The zero-order valence-corrected chi connectivity index (χ0v) is 11.8. The lowest BCUT2D eigenvalue weighted by Crippen LogP contribution is -2.46. The minimum Gasteiger partial charge on any atom is -0.422 e. The first-order chi connectivity index (χ1) is 9.41. The van der Waals surface area contributed by atoms with Gasteiger partial charge in [-0.25, -0.2) is 0 Å². The summed E-state index contributed by atoms with van der Waals surface area (Å²) >= 11 is 0. The number of cyclic esters (lactones) is 2. The molecular formula is C15H17NO4. The quantitative estimate of drug-likeness (QED) is 0.482. The van der Waals surface area contributed by atoms with Crippen molar-refractivity contribution >= 4 is 23.8 Å². The van der Waals surface area contributed by atoms with Crippen molar-refractivity contribution in [3.8, 4) is 0 Å². The fourth-order valence-electron chi connectivity index (χ4n) is 1.83. The third-order valence-corrected chi connectivity index (χ3v) is 2.92. The fourth-order valence-corrected chi connectivity index (χ4v) is 1.83. The van der Waals surface area contributed by atoms with Gasteiger partial charge in [0.05, 0.1) is 5.69 Å². The van der Waals surface area contributed by atoms with Gasteiger partial charge in [-0.3, -0.25) is 14.6 Å². The standard InChI is InChI=1S/C15H17NO4/c1-4-10-5-7-11(8-6-10)16-9-12-13(17)19-15(2,3)20-14(12)18/h5-9,12H,4H2,1-3H3. The number of aryl methyl sites for hydroxylation is 1. The van der Waals surface area contributed by atoms with Crippen LogP contribution in [0.3, 0.4) is 0 Å². The van der Waals surface area contributed by atoms with E-state index in [1.54, 1.807) is 0 Å². The van der Waals surface area contributed by atoms with Crippen molar-refractivity contribution in [2.75, 3.05) is 0 Å². The molecule has 1 aromatic carbocycles. The highest BCUT2D eigenvalue weighted by atomic mass is 16.7. The zero-order valence-electron chi connectivity index (χ0n) is 11.8. The molecule has 0 bridgehead atoms. The van der Waals surface area contributed by atoms with Crippen LogP contribution in [0.1, 0.15) is 26.3 Å². The van der Waals surface area contributed by atoms with Crippen LogP contribution in [-0.4, -0.2) is 23.9 Å². The number of carbonyl (C=O) groups is 2. The van der Waals surface area contributed by atoms with E-state index in [9.17, 15) is 9.59 Å². The van der Waals surface area contributed by atoms with Gasteiger partial charge in [0.1, 0.15) is 0 Å². The molecule has 106 valence electrons. The van der Waals surface area contributed by atoms with E-state index >= 15 is 0 Å². The number of rotatable bonds is 3. The zero-order chi connectivity index (χ0) is 14.8. The van der Waals surface area contributed by atoms with Gasteiger partial charge in [0.25, 0.3) is 5.79 Å². The van der Waals surface area contributed by atoms with Gasteiger partial charge in [0, 0.05) is 20.1 Å². The molecule has 1 aliphatic rings. The van der Waals surface area contributed by atoms with Crippen molar-refractivity contribution in [3.63, 3.8) is 0 Å². The summed E-state index contributed by atoms with van der Waals surface area (Å²) < 4.78 is 10.0. The summed E-state index contributed by atoms with van der Waals surface area (Å²) in [6, 6.07) is 7.57. The molecule has 0 spiro atoms. The molecule has 0 radical (unpaired) electrons. The van der Waals surface area contributed by atoms with E-state index in [1.807, 2.05) is 24.3 Å². The predicted molar refractivity (Wildman–Crippen MR) is 73.7 cm³/mol. The van der Waals surface area contributed by atoms with Crippen LogP contribution in [0.25, 0.3) is 0 Å². The Morgan fingerprint density at radius 2 is 1.70 bits per heavy atom. The molecule has 0 N–H and O–H groups in total. The van der Waals surface area contributed by atoms with Gasteiger partial charge >= 0.3 is 11.9 Å². The Hall–Kier alpha value is -2.17. The Morgan fingerprint density at radius 1 is 1.15 bits per heavy atom. The highest BCUT2D eigenvalue weighted by Crippen LogP contribution is 2.23. The van der Waals surface area contributed by atoms with Gasteiger partial charge in [0.2, 0.25) is 0 Å². The van der Waals surface area contributed by atoms with Crippen LogP contribution in [-0.2, 0) is 25.5 Å². The van der Waals surface area contributed by atoms with Gasteiger partial charge in [-0.05, 0) is 24.1 Å². The summed E-state index contributed by atoms with van der Waals surface area (Å²) in [5, 5.41) is 0. The number of carbonyl (C=O) groups excluding carboxylic acids is 2. The average Bonchev–Trinajstić information content (AvgIpc) is 2.37. The van der Waals surface area contributed by atoms with E-state index in [0.29, 0.717) is 5.69 Å². The maximum atomic E-state index is 11.7. The fraction of sp³-hybridized carbons (Fsp3) is 0.400. The first kappa shape index (κ1) is 14.2. The second kappa shape index (κ2) is 5.45. The number of nitrogens with zero attached hydrogens (tertiary/aromatic N) is 1. The number of hydrogen-bond acceptors (Lipinski definition) is 5. The molecule has 1 aliphatic heterocycles. The average molecular weight is 275 g/mol. The monoisotopic (exact) mass is 275 g/mol. The van der Waals surface area contributed by atoms with E-state index in [2.05, 4.69) is 11.9 Å². The molecule has 5 nitrogen and oxygen atoms in total. The van der Waals surface area contributed by atoms with E-state index in [-0.39, 0.29) is 0 Å². The van der Waals surface area contributed by atoms with Crippen molar-refractivity contribution in [1.29, 1.82) is 0 Å². The van der Waals surface area contributed by atoms with E-state index in [1.165, 1.54) is 25.6 Å². The smallest absolute Gasteiger partial charge is 0.329 e. The van der Waals surface area contributed by atoms with E-state index in [4.69, 9.17) is 9.47 Å². The molecule has 20 heavy (non-hydrogen) atoms. The summed E-state index contributed by atoms with van der Waals surface area (Å²) in [7, 11) is 0. The first-order valence-electron chi connectivity index (χ1n) is 6.50. The molecule has 1 fully saturated rings. The van der Waals surface area contributed by atoms with Gasteiger partial charge in [-0.1, -0.05) is 19.1 Å². The second-order valence-electron chi connectivity index (χ2n) is 5.02. The van der Waals surface area contributed by atoms with Gasteiger partial charge in [-0.2, -0.15) is 0 Å². The lowest BCUT2D eigenvalue weighted by atomic mass is 10.1. The maximum absolute atomic E-state index is 11.7. The largest absolute Gasteiger partial charge is 0.422 e. The van der Waals surface area contributed by atoms with Gasteiger partial charge in [-0.15, -0.1) is 0 Å². The molecule has 0 atom stereocenters. The van der Waals surface area contributed by atoms with Crippen molar-refractivity contribution in [2.45, 2.75) is 33.0 Å².